The smallest absolute Gasteiger partial charge is 0.226 e. The standard InChI is InChI=1S/C16H23N3O2/c1-4-9-17-12(3)13-7-6-8-14(10-13)20-11-15-18-16(5-2)21-19-15/h6-8,10,12,17H,4-5,9,11H2,1-3H3. The number of ether oxygens (including phenoxy) is 1. The highest BCUT2D eigenvalue weighted by Crippen LogP contribution is 2.19. The third-order valence-corrected chi connectivity index (χ3v) is 3.24. The van der Waals surface area contributed by atoms with E-state index in [9.17, 15) is 0 Å². The summed E-state index contributed by atoms with van der Waals surface area (Å²) in [4.78, 5) is 4.23. The molecule has 0 aliphatic carbocycles. The molecule has 1 heterocycles. The third kappa shape index (κ3) is 4.56. The van der Waals surface area contributed by atoms with Crippen LogP contribution in [0.2, 0.25) is 0 Å². The van der Waals surface area contributed by atoms with E-state index in [2.05, 4.69) is 35.4 Å². The zero-order chi connectivity index (χ0) is 15.1. The molecule has 0 aliphatic heterocycles. The van der Waals surface area contributed by atoms with Crippen molar-refractivity contribution in [2.24, 2.45) is 0 Å². The molecule has 2 rings (SSSR count). The molecule has 5 heteroatoms. The molecule has 1 N–H and O–H groups in total. The molecule has 1 atom stereocenters. The molecule has 0 bridgehead atoms. The van der Waals surface area contributed by atoms with Gasteiger partial charge in [0.2, 0.25) is 11.7 Å². The summed E-state index contributed by atoms with van der Waals surface area (Å²) in [5.41, 5.74) is 1.21. The molecule has 1 aromatic heterocycles. The zero-order valence-corrected chi connectivity index (χ0v) is 12.9. The number of hydrogen-bond acceptors (Lipinski definition) is 5. The van der Waals surface area contributed by atoms with E-state index in [-0.39, 0.29) is 0 Å². The van der Waals surface area contributed by atoms with Crippen molar-refractivity contribution < 1.29 is 9.26 Å². The number of aryl methyl sites for hydroxylation is 1. The Labute approximate surface area is 125 Å². The Morgan fingerprint density at radius 3 is 2.90 bits per heavy atom. The van der Waals surface area contributed by atoms with Crippen molar-refractivity contribution in [1.29, 1.82) is 0 Å². The molecule has 1 aromatic carbocycles. The van der Waals surface area contributed by atoms with E-state index in [1.807, 2.05) is 25.1 Å². The first-order valence-corrected chi connectivity index (χ1v) is 7.50. The maximum Gasteiger partial charge on any atom is 0.226 e. The van der Waals surface area contributed by atoms with Gasteiger partial charge >= 0.3 is 0 Å². The predicted octanol–water partition coefficient (Wildman–Crippen LogP) is 3.27. The minimum atomic E-state index is 0.311. The maximum atomic E-state index is 5.73. The molecule has 1 unspecified atom stereocenters. The number of benzene rings is 1. The fourth-order valence-corrected chi connectivity index (χ4v) is 1.99. The quantitative estimate of drug-likeness (QED) is 0.808. The van der Waals surface area contributed by atoms with Gasteiger partial charge in [-0.3, -0.25) is 0 Å². The number of aromatic nitrogens is 2. The Morgan fingerprint density at radius 2 is 2.19 bits per heavy atom. The lowest BCUT2D eigenvalue weighted by molar-refractivity contribution is 0.285. The first-order valence-electron chi connectivity index (χ1n) is 7.50. The highest BCUT2D eigenvalue weighted by molar-refractivity contribution is 5.30. The molecule has 114 valence electrons. The van der Waals surface area contributed by atoms with E-state index in [0.717, 1.165) is 25.1 Å². The Balaban J connectivity index is 1.94. The van der Waals surface area contributed by atoms with E-state index in [1.165, 1.54) is 5.56 Å². The van der Waals surface area contributed by atoms with Crippen LogP contribution in [0, 0.1) is 0 Å². The van der Waals surface area contributed by atoms with E-state index in [1.54, 1.807) is 0 Å². The van der Waals surface area contributed by atoms with Crippen LogP contribution in [0.1, 0.15) is 50.5 Å². The van der Waals surface area contributed by atoms with Crippen LogP contribution in [0.3, 0.4) is 0 Å². The molecular weight excluding hydrogens is 266 g/mol. The van der Waals surface area contributed by atoms with Crippen LogP contribution >= 0.6 is 0 Å². The van der Waals surface area contributed by atoms with Crippen molar-refractivity contribution in [3.8, 4) is 5.75 Å². The number of nitrogens with zero attached hydrogens (tertiary/aromatic N) is 2. The van der Waals surface area contributed by atoms with Crippen LogP contribution in [0.25, 0.3) is 0 Å². The summed E-state index contributed by atoms with van der Waals surface area (Å²) >= 11 is 0. The summed E-state index contributed by atoms with van der Waals surface area (Å²) in [6.45, 7) is 7.63. The Bertz CT molecular complexity index is 554. The fraction of sp³-hybridized carbons (Fsp3) is 0.500. The van der Waals surface area contributed by atoms with Crippen molar-refractivity contribution in [3.05, 3.63) is 41.5 Å². The van der Waals surface area contributed by atoms with Gasteiger partial charge in [0.25, 0.3) is 0 Å². The van der Waals surface area contributed by atoms with Gasteiger partial charge in [0.05, 0.1) is 0 Å². The Morgan fingerprint density at radius 1 is 1.33 bits per heavy atom. The molecule has 0 spiro atoms. The summed E-state index contributed by atoms with van der Waals surface area (Å²) in [6.07, 6.45) is 1.86. The van der Waals surface area contributed by atoms with E-state index in [4.69, 9.17) is 9.26 Å². The Kier molecular flexibility index (Phi) is 5.75. The van der Waals surface area contributed by atoms with Crippen molar-refractivity contribution >= 4 is 0 Å². The van der Waals surface area contributed by atoms with Gasteiger partial charge in [-0.25, -0.2) is 0 Å². The second-order valence-corrected chi connectivity index (χ2v) is 4.99. The van der Waals surface area contributed by atoms with Gasteiger partial charge in [-0.15, -0.1) is 0 Å². The average molecular weight is 289 g/mol. The second-order valence-electron chi connectivity index (χ2n) is 4.99. The summed E-state index contributed by atoms with van der Waals surface area (Å²) in [6, 6.07) is 8.40. The first kappa shape index (κ1) is 15.5. The largest absolute Gasteiger partial charge is 0.485 e. The zero-order valence-electron chi connectivity index (χ0n) is 12.9. The van der Waals surface area contributed by atoms with E-state index < -0.39 is 0 Å². The normalized spacial score (nSPS) is 12.3. The highest BCUT2D eigenvalue weighted by Gasteiger charge is 2.07. The number of hydrogen-bond donors (Lipinski definition) is 1. The minimum absolute atomic E-state index is 0.311. The van der Waals surface area contributed by atoms with E-state index in [0.29, 0.717) is 24.4 Å². The molecule has 0 fully saturated rings. The van der Waals surface area contributed by atoms with Gasteiger partial charge in [-0.2, -0.15) is 4.98 Å². The summed E-state index contributed by atoms with van der Waals surface area (Å²) in [5, 5.41) is 7.34. The van der Waals surface area contributed by atoms with Crippen LogP contribution in [0.4, 0.5) is 0 Å². The molecule has 5 nitrogen and oxygen atoms in total. The van der Waals surface area contributed by atoms with Gasteiger partial charge in [0.15, 0.2) is 6.61 Å². The van der Waals surface area contributed by atoms with Crippen molar-refractivity contribution in [2.75, 3.05) is 6.54 Å². The second kappa shape index (κ2) is 7.78. The molecule has 2 aromatic rings. The van der Waals surface area contributed by atoms with E-state index >= 15 is 0 Å². The average Bonchev–Trinajstić information content (AvgIpc) is 2.99. The number of rotatable bonds is 8. The predicted molar refractivity (Wildman–Crippen MR) is 81.2 cm³/mol. The van der Waals surface area contributed by atoms with Crippen LogP contribution in [0.15, 0.2) is 28.8 Å². The third-order valence-electron chi connectivity index (χ3n) is 3.24. The molecule has 0 saturated heterocycles. The highest BCUT2D eigenvalue weighted by atomic mass is 16.5. The topological polar surface area (TPSA) is 60.2 Å². The lowest BCUT2D eigenvalue weighted by atomic mass is 10.1. The van der Waals surface area contributed by atoms with Gasteiger partial charge in [0.1, 0.15) is 5.75 Å². The van der Waals surface area contributed by atoms with Crippen LogP contribution in [-0.2, 0) is 13.0 Å². The molecular formula is C16H23N3O2. The molecule has 0 amide bonds. The number of nitrogens with one attached hydrogen (secondary N) is 1. The molecule has 0 saturated carbocycles. The van der Waals surface area contributed by atoms with Crippen molar-refractivity contribution in [2.45, 2.75) is 46.3 Å². The summed E-state index contributed by atoms with van der Waals surface area (Å²) in [7, 11) is 0. The SMILES string of the molecule is CCCNC(C)c1cccc(OCc2noc(CC)n2)c1. The van der Waals surface area contributed by atoms with Gasteiger partial charge in [0, 0.05) is 12.5 Å². The first-order chi connectivity index (χ1) is 10.2. The monoisotopic (exact) mass is 289 g/mol. The van der Waals surface area contributed by atoms with Gasteiger partial charge in [-0.1, -0.05) is 31.1 Å². The lowest BCUT2D eigenvalue weighted by Crippen LogP contribution is -2.19. The van der Waals surface area contributed by atoms with Crippen molar-refractivity contribution in [1.82, 2.24) is 15.5 Å². The van der Waals surface area contributed by atoms with Crippen LogP contribution in [-0.4, -0.2) is 16.7 Å². The molecule has 21 heavy (non-hydrogen) atoms. The maximum absolute atomic E-state index is 5.73. The molecule has 0 aliphatic rings. The Hall–Kier alpha value is -1.88. The van der Waals surface area contributed by atoms with Gasteiger partial charge in [-0.05, 0) is 37.6 Å². The van der Waals surface area contributed by atoms with Gasteiger partial charge < -0.3 is 14.6 Å². The summed E-state index contributed by atoms with van der Waals surface area (Å²) < 4.78 is 10.8. The lowest BCUT2D eigenvalue weighted by Gasteiger charge is -2.14. The fourth-order valence-electron chi connectivity index (χ4n) is 1.99. The van der Waals surface area contributed by atoms with Crippen LogP contribution < -0.4 is 10.1 Å². The van der Waals surface area contributed by atoms with Crippen molar-refractivity contribution in [3.63, 3.8) is 0 Å². The minimum Gasteiger partial charge on any atom is -0.485 e. The molecule has 0 radical (unpaired) electrons. The van der Waals surface area contributed by atoms with Crippen LogP contribution in [0.5, 0.6) is 5.75 Å². The summed E-state index contributed by atoms with van der Waals surface area (Å²) in [5.74, 6) is 2.04.